The molecule has 0 aliphatic carbocycles. The van der Waals surface area contributed by atoms with Gasteiger partial charge < -0.3 is 19.8 Å². The number of oxazole rings is 1. The van der Waals surface area contributed by atoms with Crippen LogP contribution in [0.25, 0.3) is 11.1 Å². The van der Waals surface area contributed by atoms with Crippen LogP contribution in [0, 0.1) is 5.82 Å². The Morgan fingerprint density at radius 3 is 2.68 bits per heavy atom. The summed E-state index contributed by atoms with van der Waals surface area (Å²) in [7, 11) is 1.69. The van der Waals surface area contributed by atoms with E-state index in [1.54, 1.807) is 13.2 Å². The molecule has 0 spiro atoms. The fourth-order valence-corrected chi connectivity index (χ4v) is 3.49. The second-order valence-corrected chi connectivity index (χ2v) is 6.73. The Morgan fingerprint density at radius 2 is 1.93 bits per heavy atom. The highest BCUT2D eigenvalue weighted by Gasteiger charge is 2.23. The van der Waals surface area contributed by atoms with Gasteiger partial charge in [0.05, 0.1) is 18.8 Å². The molecule has 28 heavy (non-hydrogen) atoms. The number of methoxy groups -OCH3 is 1. The number of ether oxygens (including phenoxy) is 1. The minimum Gasteiger partial charge on any atom is -0.495 e. The van der Waals surface area contributed by atoms with E-state index >= 15 is 0 Å². The maximum atomic E-state index is 13.3. The molecule has 1 atom stereocenters. The third-order valence-electron chi connectivity index (χ3n) is 4.94. The summed E-state index contributed by atoms with van der Waals surface area (Å²) >= 11 is 0. The summed E-state index contributed by atoms with van der Waals surface area (Å²) in [6.45, 7) is 4.22. The number of fused-ring (bicyclic) bond motifs is 1. The number of piperazine rings is 1. The molecule has 3 aromatic rings. The number of nitrogens with zero attached hydrogens (tertiary/aromatic N) is 3. The number of nitrogens with two attached hydrogens (primary N) is 1. The summed E-state index contributed by atoms with van der Waals surface area (Å²) in [6.07, 6.45) is 0. The summed E-state index contributed by atoms with van der Waals surface area (Å²) < 4.78 is 24.4. The summed E-state index contributed by atoms with van der Waals surface area (Å²) in [5, 5.41) is 0. The van der Waals surface area contributed by atoms with Gasteiger partial charge in [-0.2, -0.15) is 0 Å². The summed E-state index contributed by atoms with van der Waals surface area (Å²) in [5.41, 5.74) is 8.47. The average molecular weight is 407 g/mol. The quantitative estimate of drug-likeness (QED) is 0.701. The van der Waals surface area contributed by atoms with Gasteiger partial charge in [-0.25, -0.2) is 9.37 Å². The summed E-state index contributed by atoms with van der Waals surface area (Å²) in [5.74, 6) is 0.996. The van der Waals surface area contributed by atoms with Crippen LogP contribution in [-0.2, 0) is 0 Å². The van der Waals surface area contributed by atoms with Gasteiger partial charge in [0.1, 0.15) is 17.1 Å². The van der Waals surface area contributed by atoms with Crippen molar-refractivity contribution in [2.24, 2.45) is 5.73 Å². The predicted octanol–water partition coefficient (Wildman–Crippen LogP) is 3.22. The molecular weight excluding hydrogens is 383 g/mol. The maximum absolute atomic E-state index is 13.3. The van der Waals surface area contributed by atoms with Gasteiger partial charge in [-0.15, -0.1) is 12.4 Å². The fourth-order valence-electron chi connectivity index (χ4n) is 3.49. The van der Waals surface area contributed by atoms with Crippen molar-refractivity contribution < 1.29 is 13.5 Å². The average Bonchev–Trinajstić information content (AvgIpc) is 3.12. The lowest BCUT2D eigenvalue weighted by Crippen LogP contribution is -2.48. The van der Waals surface area contributed by atoms with Crippen LogP contribution in [-0.4, -0.2) is 49.7 Å². The molecule has 1 aliphatic heterocycles. The van der Waals surface area contributed by atoms with E-state index in [9.17, 15) is 4.39 Å². The zero-order valence-corrected chi connectivity index (χ0v) is 16.5. The van der Waals surface area contributed by atoms with E-state index in [1.807, 2.05) is 18.2 Å². The second-order valence-electron chi connectivity index (χ2n) is 6.73. The van der Waals surface area contributed by atoms with Crippen LogP contribution in [0.5, 0.6) is 5.75 Å². The number of rotatable bonds is 5. The van der Waals surface area contributed by atoms with Crippen molar-refractivity contribution >= 4 is 29.2 Å². The molecule has 4 rings (SSSR count). The van der Waals surface area contributed by atoms with Crippen LogP contribution in [0.3, 0.4) is 0 Å². The third-order valence-corrected chi connectivity index (χ3v) is 4.94. The van der Waals surface area contributed by atoms with Crippen molar-refractivity contribution in [1.82, 2.24) is 9.88 Å². The zero-order chi connectivity index (χ0) is 18.8. The molecule has 0 radical (unpaired) electrons. The molecule has 8 heteroatoms. The van der Waals surface area contributed by atoms with Crippen molar-refractivity contribution in [2.45, 2.75) is 6.04 Å². The van der Waals surface area contributed by atoms with Crippen LogP contribution in [0.4, 0.5) is 10.1 Å². The lowest BCUT2D eigenvalue weighted by molar-refractivity contribution is 0.232. The molecule has 2 heterocycles. The van der Waals surface area contributed by atoms with E-state index in [4.69, 9.17) is 14.9 Å². The number of para-hydroxylation sites is 2. The lowest BCUT2D eigenvalue weighted by Gasteiger charge is -2.37. The number of aromatic nitrogens is 1. The van der Waals surface area contributed by atoms with E-state index in [1.165, 1.54) is 12.1 Å². The maximum Gasteiger partial charge on any atom is 0.213 e. The Labute approximate surface area is 169 Å². The first-order valence-corrected chi connectivity index (χ1v) is 9.06. The smallest absolute Gasteiger partial charge is 0.213 e. The largest absolute Gasteiger partial charge is 0.495 e. The highest BCUT2D eigenvalue weighted by molar-refractivity contribution is 5.85. The number of hydrogen-bond donors (Lipinski definition) is 1. The Hall–Kier alpha value is -2.35. The number of anilines is 1. The first-order chi connectivity index (χ1) is 13.1. The normalized spacial score (nSPS) is 16.0. The monoisotopic (exact) mass is 406 g/mol. The molecule has 0 amide bonds. The minimum atomic E-state index is -0.349. The van der Waals surface area contributed by atoms with E-state index < -0.39 is 0 Å². The molecule has 0 saturated carbocycles. The number of halogens is 2. The van der Waals surface area contributed by atoms with Crippen LogP contribution >= 0.6 is 12.4 Å². The van der Waals surface area contributed by atoms with E-state index in [2.05, 4.69) is 20.9 Å². The first-order valence-electron chi connectivity index (χ1n) is 9.06. The Balaban J connectivity index is 0.00000225. The molecule has 1 saturated heterocycles. The van der Waals surface area contributed by atoms with Crippen LogP contribution in [0.15, 0.2) is 46.9 Å². The predicted molar refractivity (Wildman–Crippen MR) is 110 cm³/mol. The molecule has 2 N–H and O–H groups in total. The van der Waals surface area contributed by atoms with Crippen molar-refractivity contribution in [3.8, 4) is 5.75 Å². The molecular formula is C20H24ClFN4O2. The van der Waals surface area contributed by atoms with Gasteiger partial charge in [-0.1, -0.05) is 12.1 Å². The van der Waals surface area contributed by atoms with Gasteiger partial charge >= 0.3 is 0 Å². The molecule has 0 bridgehead atoms. The van der Waals surface area contributed by atoms with Gasteiger partial charge in [-0.3, -0.25) is 4.90 Å². The lowest BCUT2D eigenvalue weighted by atomic mass is 10.2. The highest BCUT2D eigenvalue weighted by Crippen LogP contribution is 2.28. The summed E-state index contributed by atoms with van der Waals surface area (Å²) in [6, 6.07) is 12.0. The third kappa shape index (κ3) is 4.22. The van der Waals surface area contributed by atoms with Crippen molar-refractivity contribution in [3.05, 3.63) is 54.2 Å². The Kier molecular flexibility index (Phi) is 6.39. The number of benzene rings is 2. The molecule has 2 aromatic carbocycles. The first kappa shape index (κ1) is 20.4. The van der Waals surface area contributed by atoms with Gasteiger partial charge in [0.2, 0.25) is 5.89 Å². The molecule has 1 unspecified atom stereocenters. The topological polar surface area (TPSA) is 67.8 Å². The van der Waals surface area contributed by atoms with Crippen molar-refractivity contribution in [1.29, 1.82) is 0 Å². The zero-order valence-electron chi connectivity index (χ0n) is 15.7. The van der Waals surface area contributed by atoms with Crippen molar-refractivity contribution in [3.63, 3.8) is 0 Å². The molecule has 1 fully saturated rings. The Morgan fingerprint density at radius 1 is 1.18 bits per heavy atom. The number of hydrogen-bond acceptors (Lipinski definition) is 6. The van der Waals surface area contributed by atoms with Crippen LogP contribution in [0.1, 0.15) is 11.9 Å². The Bertz CT molecular complexity index is 927. The second kappa shape index (κ2) is 8.77. The molecule has 1 aliphatic rings. The van der Waals surface area contributed by atoms with Gasteiger partial charge in [0.25, 0.3) is 0 Å². The molecule has 1 aromatic heterocycles. The fraction of sp³-hybridized carbons (Fsp3) is 0.350. The minimum absolute atomic E-state index is 0. The van der Waals surface area contributed by atoms with E-state index in [0.717, 1.165) is 37.6 Å². The van der Waals surface area contributed by atoms with E-state index in [-0.39, 0.29) is 24.3 Å². The SMILES string of the molecule is COc1ccccc1N1CCN(CC(N)c2nc3ccc(F)cc3o2)CC1.Cl. The standard InChI is InChI=1S/C20H23FN4O2.ClH/c1-26-18-5-3-2-4-17(18)25-10-8-24(9-11-25)13-15(22)20-23-16-7-6-14(21)12-19(16)27-20;/h2-7,12,15H,8-11,13,22H2,1H3;1H. The highest BCUT2D eigenvalue weighted by atomic mass is 35.5. The van der Waals surface area contributed by atoms with Gasteiger partial charge in [-0.05, 0) is 24.3 Å². The van der Waals surface area contributed by atoms with Crippen molar-refractivity contribution in [2.75, 3.05) is 44.7 Å². The van der Waals surface area contributed by atoms with Crippen LogP contribution in [0.2, 0.25) is 0 Å². The van der Waals surface area contributed by atoms with Crippen LogP contribution < -0.4 is 15.4 Å². The molecule has 150 valence electrons. The van der Waals surface area contributed by atoms with Gasteiger partial charge in [0, 0.05) is 38.8 Å². The summed E-state index contributed by atoms with van der Waals surface area (Å²) in [4.78, 5) is 9.01. The molecule has 6 nitrogen and oxygen atoms in total. The van der Waals surface area contributed by atoms with E-state index in [0.29, 0.717) is 23.5 Å². The van der Waals surface area contributed by atoms with Gasteiger partial charge in [0.15, 0.2) is 5.58 Å².